The number of halogens is 2. The number of likely N-dealkylation sites (N-methyl/N-ethyl adjacent to an activating group) is 1. The molecule has 1 unspecified atom stereocenters. The molecule has 1 aromatic rings. The van der Waals surface area contributed by atoms with Gasteiger partial charge in [-0.1, -0.05) is 11.6 Å². The van der Waals surface area contributed by atoms with Crippen LogP contribution in [0.2, 0.25) is 5.02 Å². The van der Waals surface area contributed by atoms with Gasteiger partial charge in [0.2, 0.25) is 10.0 Å². The fourth-order valence-corrected chi connectivity index (χ4v) is 3.06. The number of benzene rings is 1. The van der Waals surface area contributed by atoms with Crippen LogP contribution in [-0.2, 0) is 10.0 Å². The average Bonchev–Trinajstić information content (AvgIpc) is 2.22. The van der Waals surface area contributed by atoms with Crippen LogP contribution in [0.4, 0.5) is 10.1 Å². The van der Waals surface area contributed by atoms with Gasteiger partial charge in [-0.3, -0.25) is 0 Å². The summed E-state index contributed by atoms with van der Waals surface area (Å²) in [6.45, 7) is 1.27. The van der Waals surface area contributed by atoms with Crippen LogP contribution in [-0.4, -0.2) is 37.5 Å². The second-order valence-electron chi connectivity index (χ2n) is 3.95. The first kappa shape index (κ1) is 15.2. The number of rotatable bonds is 4. The van der Waals surface area contributed by atoms with Crippen molar-refractivity contribution in [3.8, 4) is 0 Å². The molecule has 8 heteroatoms. The highest BCUT2D eigenvalue weighted by Crippen LogP contribution is 2.27. The Morgan fingerprint density at radius 1 is 1.56 bits per heavy atom. The van der Waals surface area contributed by atoms with E-state index >= 15 is 0 Å². The number of nitrogen functional groups attached to an aromatic ring is 1. The first-order valence-corrected chi connectivity index (χ1v) is 6.87. The van der Waals surface area contributed by atoms with Crippen LogP contribution >= 0.6 is 11.6 Å². The molecule has 0 aliphatic heterocycles. The van der Waals surface area contributed by atoms with Gasteiger partial charge >= 0.3 is 0 Å². The molecular formula is C10H14ClFN2O3S. The molecule has 0 saturated carbocycles. The molecule has 5 nitrogen and oxygen atoms in total. The highest BCUT2D eigenvalue weighted by molar-refractivity contribution is 7.89. The summed E-state index contributed by atoms with van der Waals surface area (Å²) in [7, 11) is -2.84. The summed E-state index contributed by atoms with van der Waals surface area (Å²) in [4.78, 5) is -0.601. The minimum Gasteiger partial charge on any atom is -0.399 e. The van der Waals surface area contributed by atoms with E-state index in [9.17, 15) is 12.8 Å². The summed E-state index contributed by atoms with van der Waals surface area (Å²) in [5, 5.41) is 8.80. The number of hydrogen-bond donors (Lipinski definition) is 2. The van der Waals surface area contributed by atoms with Crippen molar-refractivity contribution >= 4 is 27.3 Å². The Kier molecular flexibility index (Phi) is 4.55. The van der Waals surface area contributed by atoms with Gasteiger partial charge in [0, 0.05) is 19.3 Å². The SMILES string of the molecule is CC(O)CN(C)S(=O)(=O)c1cc(N)cc(Cl)c1F. The molecule has 18 heavy (non-hydrogen) atoms. The number of anilines is 1. The summed E-state index contributed by atoms with van der Waals surface area (Å²) in [6.07, 6.45) is -0.871. The minimum absolute atomic E-state index is 0.0467. The fraction of sp³-hybridized carbons (Fsp3) is 0.400. The van der Waals surface area contributed by atoms with Crippen LogP contribution in [0.3, 0.4) is 0 Å². The van der Waals surface area contributed by atoms with Gasteiger partial charge in [0.1, 0.15) is 4.90 Å². The van der Waals surface area contributed by atoms with Crippen LogP contribution in [0.5, 0.6) is 0 Å². The predicted molar refractivity (Wildman–Crippen MR) is 67.3 cm³/mol. The lowest BCUT2D eigenvalue weighted by atomic mass is 10.3. The number of nitrogens with zero attached hydrogens (tertiary/aromatic N) is 1. The van der Waals surface area contributed by atoms with Gasteiger partial charge in [-0.15, -0.1) is 0 Å². The fourth-order valence-electron chi connectivity index (χ4n) is 1.41. The summed E-state index contributed by atoms with van der Waals surface area (Å²) in [6, 6.07) is 2.12. The van der Waals surface area contributed by atoms with Crippen molar-refractivity contribution in [2.45, 2.75) is 17.9 Å². The number of sulfonamides is 1. The van der Waals surface area contributed by atoms with E-state index in [1.807, 2.05) is 0 Å². The summed E-state index contributed by atoms with van der Waals surface area (Å²) < 4.78 is 38.7. The standard InChI is InChI=1S/C10H14ClFN2O3S/c1-6(15)5-14(2)18(16,17)9-4-7(13)3-8(11)10(9)12/h3-4,6,15H,5,13H2,1-2H3. The predicted octanol–water partition coefficient (Wildman–Crippen LogP) is 1.06. The van der Waals surface area contributed by atoms with Crippen molar-refractivity contribution in [2.75, 3.05) is 19.3 Å². The molecule has 102 valence electrons. The lowest BCUT2D eigenvalue weighted by Gasteiger charge is -2.19. The molecule has 0 fully saturated rings. The summed E-state index contributed by atoms with van der Waals surface area (Å²) in [5.74, 6) is -1.05. The molecule has 3 N–H and O–H groups in total. The Labute approximate surface area is 110 Å². The van der Waals surface area contributed by atoms with E-state index < -0.39 is 26.8 Å². The maximum atomic E-state index is 13.7. The first-order valence-electron chi connectivity index (χ1n) is 5.05. The smallest absolute Gasteiger partial charge is 0.245 e. The van der Waals surface area contributed by atoms with Crippen LogP contribution in [0.25, 0.3) is 0 Å². The third kappa shape index (κ3) is 3.11. The minimum atomic E-state index is -4.08. The van der Waals surface area contributed by atoms with Crippen LogP contribution in [0, 0.1) is 5.82 Å². The van der Waals surface area contributed by atoms with Crippen molar-refractivity contribution in [1.29, 1.82) is 0 Å². The van der Waals surface area contributed by atoms with Crippen molar-refractivity contribution in [3.05, 3.63) is 23.0 Å². The van der Waals surface area contributed by atoms with E-state index in [0.717, 1.165) is 16.4 Å². The van der Waals surface area contributed by atoms with Gasteiger partial charge in [0.25, 0.3) is 0 Å². The van der Waals surface area contributed by atoms with Gasteiger partial charge < -0.3 is 10.8 Å². The van der Waals surface area contributed by atoms with E-state index in [-0.39, 0.29) is 17.3 Å². The second-order valence-corrected chi connectivity index (χ2v) is 6.37. The zero-order valence-corrected chi connectivity index (χ0v) is 11.5. The molecule has 0 saturated heterocycles. The Bertz CT molecular complexity index is 548. The Balaban J connectivity index is 3.29. The number of aliphatic hydroxyl groups excluding tert-OH is 1. The van der Waals surface area contributed by atoms with Gasteiger partial charge in [-0.05, 0) is 19.1 Å². The zero-order valence-electron chi connectivity index (χ0n) is 9.89. The van der Waals surface area contributed by atoms with Crippen molar-refractivity contribution in [2.24, 2.45) is 0 Å². The van der Waals surface area contributed by atoms with E-state index in [1.165, 1.54) is 14.0 Å². The molecule has 0 spiro atoms. The summed E-state index contributed by atoms with van der Waals surface area (Å²) >= 11 is 5.55. The van der Waals surface area contributed by atoms with Gasteiger partial charge in [-0.2, -0.15) is 4.31 Å². The third-order valence-corrected chi connectivity index (χ3v) is 4.32. The molecular weight excluding hydrogens is 283 g/mol. The van der Waals surface area contributed by atoms with Crippen molar-refractivity contribution in [3.63, 3.8) is 0 Å². The molecule has 0 aliphatic rings. The lowest BCUT2D eigenvalue weighted by molar-refractivity contribution is 0.171. The molecule has 1 rings (SSSR count). The quantitative estimate of drug-likeness (QED) is 0.814. The Morgan fingerprint density at radius 3 is 2.61 bits per heavy atom. The number of aliphatic hydroxyl groups is 1. The highest BCUT2D eigenvalue weighted by Gasteiger charge is 2.27. The third-order valence-electron chi connectivity index (χ3n) is 2.23. The van der Waals surface area contributed by atoms with Gasteiger partial charge in [-0.25, -0.2) is 12.8 Å². The molecule has 0 aromatic heterocycles. The summed E-state index contributed by atoms with van der Waals surface area (Å²) in [5.41, 5.74) is 5.49. The lowest BCUT2D eigenvalue weighted by Crippen LogP contribution is -2.33. The molecule has 0 aliphatic carbocycles. The zero-order chi connectivity index (χ0) is 14.1. The Hall–Kier alpha value is -0.890. The van der Waals surface area contributed by atoms with Crippen molar-refractivity contribution in [1.82, 2.24) is 4.31 Å². The normalized spacial score (nSPS) is 13.9. The monoisotopic (exact) mass is 296 g/mol. The van der Waals surface area contributed by atoms with Crippen LogP contribution < -0.4 is 5.73 Å². The van der Waals surface area contributed by atoms with Gasteiger partial charge in [0.15, 0.2) is 5.82 Å². The van der Waals surface area contributed by atoms with Crippen molar-refractivity contribution < 1.29 is 17.9 Å². The van der Waals surface area contributed by atoms with E-state index in [2.05, 4.69) is 0 Å². The molecule has 0 heterocycles. The molecule has 1 atom stereocenters. The molecule has 0 bridgehead atoms. The first-order chi connectivity index (χ1) is 8.16. The maximum Gasteiger partial charge on any atom is 0.245 e. The molecule has 0 radical (unpaired) electrons. The molecule has 1 aromatic carbocycles. The molecule has 0 amide bonds. The van der Waals surface area contributed by atoms with Gasteiger partial charge in [0.05, 0.1) is 11.1 Å². The number of nitrogens with two attached hydrogens (primary N) is 1. The van der Waals surface area contributed by atoms with E-state index in [4.69, 9.17) is 22.4 Å². The number of hydrogen-bond acceptors (Lipinski definition) is 4. The highest BCUT2D eigenvalue weighted by atomic mass is 35.5. The van der Waals surface area contributed by atoms with Crippen LogP contribution in [0.1, 0.15) is 6.92 Å². The maximum absolute atomic E-state index is 13.7. The van der Waals surface area contributed by atoms with E-state index in [1.54, 1.807) is 0 Å². The largest absolute Gasteiger partial charge is 0.399 e. The second kappa shape index (κ2) is 5.40. The Morgan fingerprint density at radius 2 is 2.11 bits per heavy atom. The van der Waals surface area contributed by atoms with E-state index in [0.29, 0.717) is 0 Å². The topological polar surface area (TPSA) is 83.6 Å². The average molecular weight is 297 g/mol. The van der Waals surface area contributed by atoms with Crippen LogP contribution in [0.15, 0.2) is 17.0 Å².